The number of hydrogen-bond acceptors (Lipinski definition) is 3. The van der Waals surface area contributed by atoms with Crippen LogP contribution in [0.25, 0.3) is 10.9 Å². The zero-order valence-corrected chi connectivity index (χ0v) is 7.55. The summed E-state index contributed by atoms with van der Waals surface area (Å²) in [6.07, 6.45) is 0. The number of fused-ring (bicyclic) bond motifs is 1. The van der Waals surface area contributed by atoms with Gasteiger partial charge < -0.3 is 5.43 Å². The van der Waals surface area contributed by atoms with Crippen molar-refractivity contribution in [3.8, 4) is 0 Å². The summed E-state index contributed by atoms with van der Waals surface area (Å²) in [4.78, 5) is 4.23. The fourth-order valence-electron chi connectivity index (χ4n) is 1.19. The van der Waals surface area contributed by atoms with Crippen molar-refractivity contribution in [3.63, 3.8) is 0 Å². The fourth-order valence-corrected chi connectivity index (χ4v) is 1.41. The third-order valence-electron chi connectivity index (χ3n) is 1.81. The van der Waals surface area contributed by atoms with Crippen molar-refractivity contribution >= 4 is 28.3 Å². The number of hydrazine groups is 1. The zero-order valence-electron chi connectivity index (χ0n) is 6.79. The van der Waals surface area contributed by atoms with Gasteiger partial charge in [-0.2, -0.15) is 0 Å². The Kier molecular flexibility index (Phi) is 2.04. The van der Waals surface area contributed by atoms with Gasteiger partial charge in [0.2, 0.25) is 0 Å². The highest BCUT2D eigenvalue weighted by Gasteiger charge is 2.01. The lowest BCUT2D eigenvalue weighted by molar-refractivity contribution is 1.26. The van der Waals surface area contributed by atoms with Crippen molar-refractivity contribution < 1.29 is 0 Å². The molecule has 0 aliphatic rings. The minimum absolute atomic E-state index is 0.500. The second-order valence-electron chi connectivity index (χ2n) is 2.66. The minimum atomic E-state index is 0.500. The molecule has 3 N–H and O–H groups in total. The Bertz CT molecular complexity index is 442. The number of benzene rings is 1. The minimum Gasteiger partial charge on any atom is -0.307 e. The predicted molar refractivity (Wildman–Crippen MR) is 54.6 cm³/mol. The Labute approximate surface area is 80.5 Å². The first-order valence-electron chi connectivity index (χ1n) is 3.83. The largest absolute Gasteiger partial charge is 0.307 e. The summed E-state index contributed by atoms with van der Waals surface area (Å²) in [6.45, 7) is 0. The Morgan fingerprint density at radius 3 is 2.85 bits per heavy atom. The molecule has 0 aliphatic heterocycles. The average molecular weight is 194 g/mol. The van der Waals surface area contributed by atoms with E-state index in [2.05, 4.69) is 10.4 Å². The quantitative estimate of drug-likeness (QED) is 0.539. The van der Waals surface area contributed by atoms with E-state index in [0.29, 0.717) is 10.8 Å². The average Bonchev–Trinajstić information content (AvgIpc) is 2.17. The third-order valence-corrected chi connectivity index (χ3v) is 2.10. The van der Waals surface area contributed by atoms with Gasteiger partial charge in [-0.15, -0.1) is 0 Å². The van der Waals surface area contributed by atoms with E-state index >= 15 is 0 Å². The molecule has 3 nitrogen and oxygen atoms in total. The first kappa shape index (κ1) is 8.29. The molecular formula is C9H8ClN3. The summed E-state index contributed by atoms with van der Waals surface area (Å²) < 4.78 is 0. The van der Waals surface area contributed by atoms with E-state index in [1.807, 2.05) is 30.3 Å². The maximum Gasteiger partial charge on any atom is 0.159 e. The smallest absolute Gasteiger partial charge is 0.159 e. The highest BCUT2D eigenvalue weighted by molar-refractivity contribution is 6.33. The normalized spacial score (nSPS) is 10.3. The number of rotatable bonds is 1. The molecule has 1 aromatic carbocycles. The lowest BCUT2D eigenvalue weighted by Gasteiger charge is -2.03. The molecule has 0 unspecified atom stereocenters. The van der Waals surface area contributed by atoms with Crippen molar-refractivity contribution in [1.82, 2.24) is 4.98 Å². The summed E-state index contributed by atoms with van der Waals surface area (Å²) in [6, 6.07) is 9.56. The lowest BCUT2D eigenvalue weighted by Crippen LogP contribution is -2.08. The van der Waals surface area contributed by atoms with Crippen LogP contribution in [0.2, 0.25) is 5.02 Å². The molecule has 0 amide bonds. The number of hydrogen-bond donors (Lipinski definition) is 2. The maximum atomic E-state index is 5.90. The number of nitrogens with zero attached hydrogens (tertiary/aromatic N) is 1. The van der Waals surface area contributed by atoms with Crippen LogP contribution in [0.1, 0.15) is 0 Å². The van der Waals surface area contributed by atoms with Crippen LogP contribution in [0.3, 0.4) is 0 Å². The standard InChI is InChI=1S/C9H8ClN3/c10-7-5-6-3-1-2-4-8(6)12-9(7)13-11/h1-5H,11H2,(H,12,13). The highest BCUT2D eigenvalue weighted by Crippen LogP contribution is 2.23. The van der Waals surface area contributed by atoms with Crippen molar-refractivity contribution in [2.45, 2.75) is 0 Å². The van der Waals surface area contributed by atoms with Gasteiger partial charge in [0, 0.05) is 5.39 Å². The number of halogens is 1. The summed E-state index contributed by atoms with van der Waals surface area (Å²) in [5.74, 6) is 5.75. The highest BCUT2D eigenvalue weighted by atomic mass is 35.5. The molecule has 2 aromatic rings. The Morgan fingerprint density at radius 1 is 1.31 bits per heavy atom. The van der Waals surface area contributed by atoms with Crippen LogP contribution in [-0.2, 0) is 0 Å². The van der Waals surface area contributed by atoms with E-state index in [9.17, 15) is 0 Å². The molecule has 2 rings (SSSR count). The summed E-state index contributed by atoms with van der Waals surface area (Å²) >= 11 is 5.90. The molecule has 4 heteroatoms. The van der Waals surface area contributed by atoms with Gasteiger partial charge in [-0.05, 0) is 12.1 Å². The fraction of sp³-hybridized carbons (Fsp3) is 0. The summed E-state index contributed by atoms with van der Waals surface area (Å²) in [5, 5.41) is 1.53. The van der Waals surface area contributed by atoms with Crippen molar-refractivity contribution in [3.05, 3.63) is 35.4 Å². The Morgan fingerprint density at radius 2 is 2.08 bits per heavy atom. The Hall–Kier alpha value is -1.32. The molecule has 0 fully saturated rings. The molecule has 0 saturated heterocycles. The summed E-state index contributed by atoms with van der Waals surface area (Å²) in [5.41, 5.74) is 3.32. The third kappa shape index (κ3) is 1.43. The molecule has 0 spiro atoms. The van der Waals surface area contributed by atoms with E-state index in [1.165, 1.54) is 0 Å². The molecule has 0 radical (unpaired) electrons. The first-order valence-corrected chi connectivity index (χ1v) is 4.21. The molecule has 66 valence electrons. The van der Waals surface area contributed by atoms with Gasteiger partial charge in [0.25, 0.3) is 0 Å². The maximum absolute atomic E-state index is 5.90. The number of pyridine rings is 1. The molecule has 0 saturated carbocycles. The van der Waals surface area contributed by atoms with Crippen LogP contribution in [0.4, 0.5) is 5.82 Å². The van der Waals surface area contributed by atoms with Crippen molar-refractivity contribution in [1.29, 1.82) is 0 Å². The van der Waals surface area contributed by atoms with Gasteiger partial charge in [-0.25, -0.2) is 10.8 Å². The van der Waals surface area contributed by atoms with E-state index in [0.717, 1.165) is 10.9 Å². The van der Waals surface area contributed by atoms with Crippen LogP contribution in [0.15, 0.2) is 30.3 Å². The predicted octanol–water partition coefficient (Wildman–Crippen LogP) is 2.17. The Balaban J connectivity index is 2.74. The molecule has 1 heterocycles. The van der Waals surface area contributed by atoms with E-state index < -0.39 is 0 Å². The van der Waals surface area contributed by atoms with Crippen LogP contribution in [0.5, 0.6) is 0 Å². The topological polar surface area (TPSA) is 50.9 Å². The molecule has 1 aromatic heterocycles. The number of anilines is 1. The second-order valence-corrected chi connectivity index (χ2v) is 3.06. The molecule has 0 aliphatic carbocycles. The van der Waals surface area contributed by atoms with Crippen LogP contribution >= 0.6 is 11.6 Å². The molecule has 0 atom stereocenters. The molecular weight excluding hydrogens is 186 g/mol. The number of nitrogens with two attached hydrogens (primary N) is 1. The zero-order chi connectivity index (χ0) is 9.26. The molecule has 13 heavy (non-hydrogen) atoms. The van der Waals surface area contributed by atoms with Crippen LogP contribution in [-0.4, -0.2) is 4.98 Å². The van der Waals surface area contributed by atoms with Crippen molar-refractivity contribution in [2.75, 3.05) is 5.43 Å². The molecule has 0 bridgehead atoms. The van der Waals surface area contributed by atoms with Gasteiger partial charge >= 0.3 is 0 Å². The number of para-hydroxylation sites is 1. The second kappa shape index (κ2) is 3.20. The number of nitrogen functional groups attached to an aromatic ring is 1. The number of aromatic nitrogens is 1. The summed E-state index contributed by atoms with van der Waals surface area (Å²) in [7, 11) is 0. The van der Waals surface area contributed by atoms with Gasteiger partial charge in [-0.3, -0.25) is 0 Å². The monoisotopic (exact) mass is 193 g/mol. The van der Waals surface area contributed by atoms with Crippen LogP contribution < -0.4 is 11.3 Å². The van der Waals surface area contributed by atoms with Crippen LogP contribution in [0, 0.1) is 0 Å². The van der Waals surface area contributed by atoms with Gasteiger partial charge in [-0.1, -0.05) is 29.8 Å². The lowest BCUT2D eigenvalue weighted by atomic mass is 10.2. The van der Waals surface area contributed by atoms with E-state index in [-0.39, 0.29) is 0 Å². The first-order chi connectivity index (χ1) is 6.31. The number of nitrogens with one attached hydrogen (secondary N) is 1. The van der Waals surface area contributed by atoms with E-state index in [4.69, 9.17) is 17.4 Å². The van der Waals surface area contributed by atoms with Gasteiger partial charge in [0.05, 0.1) is 10.5 Å². The van der Waals surface area contributed by atoms with Gasteiger partial charge in [0.1, 0.15) is 0 Å². The van der Waals surface area contributed by atoms with E-state index in [1.54, 1.807) is 0 Å². The van der Waals surface area contributed by atoms with Gasteiger partial charge in [0.15, 0.2) is 5.82 Å². The SMILES string of the molecule is NNc1nc2ccccc2cc1Cl. The van der Waals surface area contributed by atoms with Crippen molar-refractivity contribution in [2.24, 2.45) is 5.84 Å².